The van der Waals surface area contributed by atoms with E-state index in [9.17, 15) is 9.59 Å². The number of hydrogen-bond donors (Lipinski definition) is 2. The smallest absolute Gasteiger partial charge is 0.262 e. The van der Waals surface area contributed by atoms with Crippen LogP contribution in [0, 0.1) is 17.8 Å². The van der Waals surface area contributed by atoms with Gasteiger partial charge >= 0.3 is 0 Å². The molecule has 6 nitrogen and oxygen atoms in total. The summed E-state index contributed by atoms with van der Waals surface area (Å²) in [6.07, 6.45) is 4.61. The standard InChI is InChI=1S/C18H22N4O2/c1-2-22-17(24)13-5-3-4-6-15(13)19-18(22)21-20-16(23)14-10-11-7-8-12(14)9-11/h3-6,11-12,14H,2,7-10H2,1H3,(H,19,21)(H,20,23)/t11-,12-,14+/m0/s1. The van der Waals surface area contributed by atoms with Crippen molar-refractivity contribution in [3.8, 4) is 0 Å². The molecule has 126 valence electrons. The van der Waals surface area contributed by atoms with Gasteiger partial charge in [0.05, 0.1) is 10.9 Å². The number of aromatic nitrogens is 2. The van der Waals surface area contributed by atoms with Crippen LogP contribution in [0.5, 0.6) is 0 Å². The third-order valence-electron chi connectivity index (χ3n) is 5.55. The zero-order chi connectivity index (χ0) is 16.7. The minimum atomic E-state index is -0.0974. The minimum Gasteiger partial charge on any atom is -0.277 e. The molecule has 4 rings (SSSR count). The average Bonchev–Trinajstić information content (AvgIpc) is 3.23. The topological polar surface area (TPSA) is 76.0 Å². The fourth-order valence-electron chi connectivity index (χ4n) is 4.33. The average molecular weight is 326 g/mol. The summed E-state index contributed by atoms with van der Waals surface area (Å²) in [6, 6.07) is 7.26. The van der Waals surface area contributed by atoms with Crippen LogP contribution in [-0.4, -0.2) is 15.5 Å². The molecule has 2 aliphatic carbocycles. The molecule has 2 aromatic rings. The van der Waals surface area contributed by atoms with Gasteiger partial charge in [-0.1, -0.05) is 18.6 Å². The van der Waals surface area contributed by atoms with Gasteiger partial charge in [-0.3, -0.25) is 25.0 Å². The molecule has 2 saturated carbocycles. The first-order valence-electron chi connectivity index (χ1n) is 8.72. The van der Waals surface area contributed by atoms with E-state index in [4.69, 9.17) is 0 Å². The fraction of sp³-hybridized carbons (Fsp3) is 0.500. The first-order chi connectivity index (χ1) is 11.7. The summed E-state index contributed by atoms with van der Waals surface area (Å²) in [5.74, 6) is 1.75. The van der Waals surface area contributed by atoms with E-state index in [1.807, 2.05) is 19.1 Å². The van der Waals surface area contributed by atoms with Crippen LogP contribution in [0.4, 0.5) is 5.95 Å². The summed E-state index contributed by atoms with van der Waals surface area (Å²) < 4.78 is 1.55. The Balaban J connectivity index is 1.56. The van der Waals surface area contributed by atoms with Crippen molar-refractivity contribution >= 4 is 22.8 Å². The molecule has 0 saturated heterocycles. The van der Waals surface area contributed by atoms with Gasteiger partial charge in [-0.15, -0.1) is 0 Å². The molecule has 0 radical (unpaired) electrons. The summed E-state index contributed by atoms with van der Waals surface area (Å²) in [5, 5.41) is 0.587. The van der Waals surface area contributed by atoms with Gasteiger partial charge in [-0.05, 0) is 50.2 Å². The molecule has 2 bridgehead atoms. The SMILES string of the molecule is CCn1c(NNC(=O)[C@@H]2C[C@H]3CC[C@H]2C3)nc2ccccc2c1=O. The second-order valence-corrected chi connectivity index (χ2v) is 6.90. The molecular weight excluding hydrogens is 304 g/mol. The molecule has 24 heavy (non-hydrogen) atoms. The number of rotatable bonds is 4. The van der Waals surface area contributed by atoms with E-state index >= 15 is 0 Å². The van der Waals surface area contributed by atoms with Crippen molar-refractivity contribution in [3.63, 3.8) is 0 Å². The van der Waals surface area contributed by atoms with Crippen molar-refractivity contribution in [3.05, 3.63) is 34.6 Å². The lowest BCUT2D eigenvalue weighted by atomic mass is 9.88. The van der Waals surface area contributed by atoms with Gasteiger partial charge in [0.2, 0.25) is 11.9 Å². The summed E-state index contributed by atoms with van der Waals surface area (Å²) in [5.41, 5.74) is 6.20. The van der Waals surface area contributed by atoms with Crippen LogP contribution in [0.25, 0.3) is 10.9 Å². The van der Waals surface area contributed by atoms with Gasteiger partial charge in [-0.2, -0.15) is 0 Å². The van der Waals surface area contributed by atoms with Crippen LogP contribution in [-0.2, 0) is 11.3 Å². The van der Waals surface area contributed by atoms with Crippen molar-refractivity contribution in [1.29, 1.82) is 0 Å². The number of hydrogen-bond acceptors (Lipinski definition) is 4. The number of nitrogens with one attached hydrogen (secondary N) is 2. The third kappa shape index (κ3) is 2.46. The van der Waals surface area contributed by atoms with Gasteiger partial charge in [-0.25, -0.2) is 4.98 Å². The Kier molecular flexibility index (Phi) is 3.75. The number of fused-ring (bicyclic) bond motifs is 3. The van der Waals surface area contributed by atoms with Crippen LogP contribution in [0.15, 0.2) is 29.1 Å². The van der Waals surface area contributed by atoms with E-state index in [1.165, 1.54) is 12.8 Å². The molecule has 3 atom stereocenters. The summed E-state index contributed by atoms with van der Waals surface area (Å²) in [6.45, 7) is 2.38. The highest BCUT2D eigenvalue weighted by Crippen LogP contribution is 2.48. The molecule has 0 unspecified atom stereocenters. The molecular formula is C18H22N4O2. The number of amides is 1. The Hall–Kier alpha value is -2.37. The first kappa shape index (κ1) is 15.2. The molecule has 2 fully saturated rings. The number of hydrazine groups is 1. The minimum absolute atomic E-state index is 0.0206. The molecule has 1 aromatic heterocycles. The lowest BCUT2D eigenvalue weighted by molar-refractivity contribution is -0.126. The Bertz CT molecular complexity index is 845. The number of carbonyl (C=O) groups excluding carboxylic acids is 1. The first-order valence-corrected chi connectivity index (χ1v) is 8.72. The predicted octanol–water partition coefficient (Wildman–Crippen LogP) is 2.30. The van der Waals surface area contributed by atoms with Gasteiger partial charge in [0, 0.05) is 12.5 Å². The Morgan fingerprint density at radius 1 is 1.29 bits per heavy atom. The summed E-state index contributed by atoms with van der Waals surface area (Å²) in [7, 11) is 0. The van der Waals surface area contributed by atoms with E-state index in [1.54, 1.807) is 16.7 Å². The van der Waals surface area contributed by atoms with Crippen LogP contribution < -0.4 is 16.4 Å². The van der Waals surface area contributed by atoms with Gasteiger partial charge in [0.25, 0.3) is 5.56 Å². The Morgan fingerprint density at radius 2 is 2.12 bits per heavy atom. The molecule has 1 heterocycles. The maximum absolute atomic E-state index is 12.6. The molecule has 2 N–H and O–H groups in total. The Labute approximate surface area is 140 Å². The zero-order valence-corrected chi connectivity index (χ0v) is 13.8. The van der Waals surface area contributed by atoms with Crippen molar-refractivity contribution in [1.82, 2.24) is 15.0 Å². The number of benzene rings is 1. The number of anilines is 1. The quantitative estimate of drug-likeness (QED) is 0.845. The number of carbonyl (C=O) groups is 1. The molecule has 1 aromatic carbocycles. The highest BCUT2D eigenvalue weighted by molar-refractivity contribution is 5.81. The van der Waals surface area contributed by atoms with Crippen LogP contribution >= 0.6 is 0 Å². The van der Waals surface area contributed by atoms with Gasteiger partial charge < -0.3 is 0 Å². The predicted molar refractivity (Wildman–Crippen MR) is 92.4 cm³/mol. The van der Waals surface area contributed by atoms with E-state index in [-0.39, 0.29) is 17.4 Å². The van der Waals surface area contributed by atoms with Crippen LogP contribution in [0.3, 0.4) is 0 Å². The normalized spacial score (nSPS) is 25.1. The van der Waals surface area contributed by atoms with E-state index < -0.39 is 0 Å². The monoisotopic (exact) mass is 326 g/mol. The van der Waals surface area contributed by atoms with Crippen molar-refractivity contribution < 1.29 is 4.79 Å². The number of nitrogens with zero attached hydrogens (tertiary/aromatic N) is 2. The van der Waals surface area contributed by atoms with E-state index in [2.05, 4.69) is 15.8 Å². The summed E-state index contributed by atoms with van der Waals surface area (Å²) >= 11 is 0. The van der Waals surface area contributed by atoms with Crippen LogP contribution in [0.2, 0.25) is 0 Å². The second-order valence-electron chi connectivity index (χ2n) is 6.90. The molecule has 0 aliphatic heterocycles. The van der Waals surface area contributed by atoms with Crippen molar-refractivity contribution in [2.24, 2.45) is 17.8 Å². The zero-order valence-electron chi connectivity index (χ0n) is 13.8. The second kappa shape index (κ2) is 5.92. The van der Waals surface area contributed by atoms with Crippen molar-refractivity contribution in [2.75, 3.05) is 5.43 Å². The summed E-state index contributed by atoms with van der Waals surface area (Å²) in [4.78, 5) is 29.5. The van der Waals surface area contributed by atoms with Gasteiger partial charge in [0.15, 0.2) is 0 Å². The van der Waals surface area contributed by atoms with Crippen LogP contribution in [0.1, 0.15) is 32.6 Å². The van der Waals surface area contributed by atoms with Crippen molar-refractivity contribution in [2.45, 2.75) is 39.2 Å². The lowest BCUT2D eigenvalue weighted by Crippen LogP contribution is -2.39. The maximum atomic E-state index is 12.6. The number of para-hydroxylation sites is 1. The van der Waals surface area contributed by atoms with E-state index in [0.717, 1.165) is 18.8 Å². The lowest BCUT2D eigenvalue weighted by Gasteiger charge is -2.21. The van der Waals surface area contributed by atoms with Gasteiger partial charge in [0.1, 0.15) is 0 Å². The highest BCUT2D eigenvalue weighted by Gasteiger charge is 2.43. The molecule has 2 aliphatic rings. The molecule has 6 heteroatoms. The fourth-order valence-corrected chi connectivity index (χ4v) is 4.33. The molecule has 0 spiro atoms. The third-order valence-corrected chi connectivity index (χ3v) is 5.55. The largest absolute Gasteiger partial charge is 0.277 e. The molecule has 1 amide bonds. The highest BCUT2D eigenvalue weighted by atomic mass is 16.2. The Morgan fingerprint density at radius 3 is 2.83 bits per heavy atom. The maximum Gasteiger partial charge on any atom is 0.262 e. The van der Waals surface area contributed by atoms with E-state index in [0.29, 0.717) is 29.3 Å².